The molecule has 2 aromatic rings. The van der Waals surface area contributed by atoms with Gasteiger partial charge in [0, 0.05) is 30.6 Å². The number of benzene rings is 1. The summed E-state index contributed by atoms with van der Waals surface area (Å²) in [5.74, 6) is -0.719. The number of carbonyl (C=O) groups excluding carboxylic acids is 3. The number of hydrogen-bond donors (Lipinski definition) is 4. The van der Waals surface area contributed by atoms with Crippen molar-refractivity contribution in [3.05, 3.63) is 77.9 Å². The van der Waals surface area contributed by atoms with E-state index in [1.165, 1.54) is 6.20 Å². The van der Waals surface area contributed by atoms with E-state index < -0.39 is 17.8 Å². The number of carbonyl (C=O) groups is 3. The Morgan fingerprint density at radius 2 is 1.84 bits per heavy atom. The molecule has 1 aromatic carbocycles. The van der Waals surface area contributed by atoms with Crippen molar-refractivity contribution in [3.8, 4) is 0 Å². The number of nitrogens with one attached hydrogen (secondary N) is 4. The molecule has 0 saturated heterocycles. The molecule has 1 aliphatic rings. The molecule has 9 heteroatoms. The van der Waals surface area contributed by atoms with Gasteiger partial charge < -0.3 is 26.0 Å². The Kier molecular flexibility index (Phi) is 7.43. The standard InChI is InChI=1S/C23H27N5O4/c1-23(2,28-22(31)32-15-16-6-4-3-5-7-16)11-8-19(29)26-18-14-25-20(27-21(18)30)17-9-12-24-13-10-17/h3-7,9-10,12-14,20,25H,8,11,15H2,1-2H3,(H,26,29)(H,27,30)(H,28,31). The fourth-order valence-corrected chi connectivity index (χ4v) is 3.05. The molecule has 0 radical (unpaired) electrons. The molecule has 4 N–H and O–H groups in total. The molecule has 0 bridgehead atoms. The maximum absolute atomic E-state index is 12.3. The second-order valence-corrected chi connectivity index (χ2v) is 8.03. The normalized spacial score (nSPS) is 15.6. The van der Waals surface area contributed by atoms with E-state index in [2.05, 4.69) is 26.3 Å². The number of aromatic nitrogens is 1. The number of alkyl carbamates (subject to hydrolysis) is 1. The number of rotatable bonds is 8. The fraction of sp³-hybridized carbons (Fsp3) is 0.304. The van der Waals surface area contributed by atoms with Gasteiger partial charge in [-0.15, -0.1) is 0 Å². The third-order valence-electron chi connectivity index (χ3n) is 4.86. The lowest BCUT2D eigenvalue weighted by atomic mass is 9.98. The zero-order valence-corrected chi connectivity index (χ0v) is 18.1. The van der Waals surface area contributed by atoms with Crippen LogP contribution in [0.3, 0.4) is 0 Å². The van der Waals surface area contributed by atoms with Gasteiger partial charge in [0.1, 0.15) is 18.5 Å². The van der Waals surface area contributed by atoms with Crippen molar-refractivity contribution in [2.75, 3.05) is 0 Å². The van der Waals surface area contributed by atoms with Crippen molar-refractivity contribution < 1.29 is 19.1 Å². The summed E-state index contributed by atoms with van der Waals surface area (Å²) in [7, 11) is 0. The van der Waals surface area contributed by atoms with Gasteiger partial charge in [-0.25, -0.2) is 4.79 Å². The van der Waals surface area contributed by atoms with E-state index in [0.29, 0.717) is 6.42 Å². The third-order valence-corrected chi connectivity index (χ3v) is 4.86. The van der Waals surface area contributed by atoms with Gasteiger partial charge in [-0.1, -0.05) is 30.3 Å². The van der Waals surface area contributed by atoms with Crippen LogP contribution in [0.25, 0.3) is 0 Å². The predicted molar refractivity (Wildman–Crippen MR) is 118 cm³/mol. The topological polar surface area (TPSA) is 121 Å². The largest absolute Gasteiger partial charge is 0.445 e. The smallest absolute Gasteiger partial charge is 0.407 e. The highest BCUT2D eigenvalue weighted by Crippen LogP contribution is 2.14. The van der Waals surface area contributed by atoms with Gasteiger partial charge >= 0.3 is 6.09 Å². The van der Waals surface area contributed by atoms with Crippen LogP contribution in [0, 0.1) is 0 Å². The maximum atomic E-state index is 12.3. The second-order valence-electron chi connectivity index (χ2n) is 8.03. The zero-order valence-electron chi connectivity index (χ0n) is 18.1. The molecule has 168 valence electrons. The summed E-state index contributed by atoms with van der Waals surface area (Å²) in [5, 5.41) is 11.2. The summed E-state index contributed by atoms with van der Waals surface area (Å²) >= 11 is 0. The molecule has 2 heterocycles. The highest BCUT2D eigenvalue weighted by molar-refractivity contribution is 5.98. The highest BCUT2D eigenvalue weighted by Gasteiger charge is 2.25. The maximum Gasteiger partial charge on any atom is 0.407 e. The number of amides is 3. The first-order valence-corrected chi connectivity index (χ1v) is 10.3. The Bertz CT molecular complexity index is 976. The van der Waals surface area contributed by atoms with E-state index >= 15 is 0 Å². The summed E-state index contributed by atoms with van der Waals surface area (Å²) in [6, 6.07) is 12.9. The van der Waals surface area contributed by atoms with Crippen LogP contribution in [-0.4, -0.2) is 28.4 Å². The van der Waals surface area contributed by atoms with E-state index in [-0.39, 0.29) is 30.5 Å². The molecule has 3 amide bonds. The molecule has 1 aliphatic heterocycles. The van der Waals surface area contributed by atoms with Crippen LogP contribution in [-0.2, 0) is 20.9 Å². The zero-order chi connectivity index (χ0) is 23.0. The molecule has 1 atom stereocenters. The van der Waals surface area contributed by atoms with Crippen molar-refractivity contribution in [2.45, 2.75) is 45.0 Å². The molecule has 0 fully saturated rings. The van der Waals surface area contributed by atoms with Gasteiger partial charge in [-0.05, 0) is 43.5 Å². The first-order valence-electron chi connectivity index (χ1n) is 10.3. The van der Waals surface area contributed by atoms with E-state index in [4.69, 9.17) is 4.74 Å². The van der Waals surface area contributed by atoms with Gasteiger partial charge in [-0.3, -0.25) is 14.6 Å². The molecule has 0 spiro atoms. The van der Waals surface area contributed by atoms with Crippen LogP contribution in [0.1, 0.15) is 44.0 Å². The van der Waals surface area contributed by atoms with Crippen LogP contribution >= 0.6 is 0 Å². The lowest BCUT2D eigenvalue weighted by Crippen LogP contribution is -2.47. The number of nitrogens with zero attached hydrogens (tertiary/aromatic N) is 1. The Labute approximate surface area is 186 Å². The summed E-state index contributed by atoms with van der Waals surface area (Å²) < 4.78 is 5.23. The van der Waals surface area contributed by atoms with Crippen molar-refractivity contribution in [1.29, 1.82) is 0 Å². The average molecular weight is 438 g/mol. The molecule has 1 unspecified atom stereocenters. The van der Waals surface area contributed by atoms with Gasteiger partial charge in [0.05, 0.1) is 0 Å². The summed E-state index contributed by atoms with van der Waals surface area (Å²) in [4.78, 5) is 40.7. The van der Waals surface area contributed by atoms with Crippen LogP contribution in [0.5, 0.6) is 0 Å². The van der Waals surface area contributed by atoms with Gasteiger partial charge in [0.15, 0.2) is 0 Å². The Morgan fingerprint density at radius 3 is 2.53 bits per heavy atom. The van der Waals surface area contributed by atoms with Gasteiger partial charge in [0.25, 0.3) is 5.91 Å². The minimum Gasteiger partial charge on any atom is -0.445 e. The third kappa shape index (κ3) is 6.83. The second kappa shape index (κ2) is 10.4. The summed E-state index contributed by atoms with van der Waals surface area (Å²) in [6.45, 7) is 3.77. The fourth-order valence-electron chi connectivity index (χ4n) is 3.05. The van der Waals surface area contributed by atoms with E-state index in [1.807, 2.05) is 30.3 Å². The first-order chi connectivity index (χ1) is 15.3. The highest BCUT2D eigenvalue weighted by atomic mass is 16.5. The molecule has 0 aliphatic carbocycles. The summed E-state index contributed by atoms with van der Waals surface area (Å²) in [5.41, 5.74) is 1.20. The van der Waals surface area contributed by atoms with Crippen LogP contribution in [0.4, 0.5) is 4.79 Å². The monoisotopic (exact) mass is 437 g/mol. The Balaban J connectivity index is 1.42. The van der Waals surface area contributed by atoms with Gasteiger partial charge in [0.2, 0.25) is 5.91 Å². The molecule has 0 saturated carbocycles. The van der Waals surface area contributed by atoms with Crippen LogP contribution in [0.15, 0.2) is 66.8 Å². The van der Waals surface area contributed by atoms with Crippen LogP contribution in [0.2, 0.25) is 0 Å². The SMILES string of the molecule is CC(C)(CCC(=O)NC1=CNC(c2ccncc2)NC1=O)NC(=O)OCc1ccccc1. The lowest BCUT2D eigenvalue weighted by molar-refractivity contribution is -0.124. The Hall–Kier alpha value is -3.88. The molecular weight excluding hydrogens is 410 g/mol. The molecule has 32 heavy (non-hydrogen) atoms. The van der Waals surface area contributed by atoms with Gasteiger partial charge in [-0.2, -0.15) is 0 Å². The van der Waals surface area contributed by atoms with E-state index in [9.17, 15) is 14.4 Å². The minimum absolute atomic E-state index is 0.115. The quantitative estimate of drug-likeness (QED) is 0.503. The van der Waals surface area contributed by atoms with Crippen molar-refractivity contribution in [1.82, 2.24) is 26.3 Å². The predicted octanol–water partition coefficient (Wildman–Crippen LogP) is 2.24. The molecule has 3 rings (SSSR count). The minimum atomic E-state index is -0.668. The average Bonchev–Trinajstić information content (AvgIpc) is 2.79. The number of ether oxygens (including phenoxy) is 1. The summed E-state index contributed by atoms with van der Waals surface area (Å²) in [6.07, 6.45) is 4.28. The Morgan fingerprint density at radius 1 is 1.12 bits per heavy atom. The van der Waals surface area contributed by atoms with E-state index in [0.717, 1.165) is 11.1 Å². The molecule has 1 aromatic heterocycles. The number of hydrogen-bond acceptors (Lipinski definition) is 6. The number of pyridine rings is 1. The molecular formula is C23H27N5O4. The molecule has 9 nitrogen and oxygen atoms in total. The lowest BCUT2D eigenvalue weighted by Gasteiger charge is -2.27. The first kappa shape index (κ1) is 22.8. The van der Waals surface area contributed by atoms with Crippen molar-refractivity contribution in [3.63, 3.8) is 0 Å². The van der Waals surface area contributed by atoms with Crippen LogP contribution < -0.4 is 21.3 Å². The van der Waals surface area contributed by atoms with E-state index in [1.54, 1.807) is 38.4 Å². The van der Waals surface area contributed by atoms with Crippen molar-refractivity contribution >= 4 is 17.9 Å². The van der Waals surface area contributed by atoms with Crippen molar-refractivity contribution in [2.24, 2.45) is 0 Å².